The molecule has 0 unspecified atom stereocenters. The number of nitrogens with one attached hydrogen (secondary N) is 1. The average molecular weight is 222 g/mol. The van der Waals surface area contributed by atoms with Crippen LogP contribution in [0.3, 0.4) is 0 Å². The van der Waals surface area contributed by atoms with E-state index in [1.807, 2.05) is 12.1 Å². The van der Waals surface area contributed by atoms with Crippen molar-refractivity contribution in [3.8, 4) is 5.75 Å². The van der Waals surface area contributed by atoms with Gasteiger partial charge in [-0.1, -0.05) is 25.5 Å². The van der Waals surface area contributed by atoms with Gasteiger partial charge in [-0.3, -0.25) is 0 Å². The molecule has 0 bridgehead atoms. The molecule has 3 nitrogen and oxygen atoms in total. The smallest absolute Gasteiger partial charge is 0.119 e. The maximum Gasteiger partial charge on any atom is 0.119 e. The second kappa shape index (κ2) is 8.13. The van der Waals surface area contributed by atoms with Gasteiger partial charge in [-0.25, -0.2) is 0 Å². The van der Waals surface area contributed by atoms with Gasteiger partial charge in [0.25, 0.3) is 0 Å². The molecule has 0 aliphatic heterocycles. The number of unbranched alkanes of at least 4 members (excludes halogenated alkanes) is 1. The number of rotatable bonds is 8. The Balaban J connectivity index is 2.30. The minimum Gasteiger partial charge on any atom is -0.494 e. The average Bonchev–Trinajstić information content (AvgIpc) is 2.32. The summed E-state index contributed by atoms with van der Waals surface area (Å²) in [6, 6.07) is 8.22. The molecule has 0 saturated heterocycles. The highest BCUT2D eigenvalue weighted by molar-refractivity contribution is 5.27. The van der Waals surface area contributed by atoms with Crippen LogP contribution < -0.4 is 15.8 Å². The summed E-state index contributed by atoms with van der Waals surface area (Å²) < 4.78 is 5.59. The number of ether oxygens (including phenoxy) is 1. The summed E-state index contributed by atoms with van der Waals surface area (Å²) in [5.41, 5.74) is 6.66. The molecule has 0 atom stereocenters. The van der Waals surface area contributed by atoms with Gasteiger partial charge in [0.2, 0.25) is 0 Å². The van der Waals surface area contributed by atoms with Crippen LogP contribution in [0.2, 0.25) is 0 Å². The van der Waals surface area contributed by atoms with Gasteiger partial charge in [0, 0.05) is 19.6 Å². The summed E-state index contributed by atoms with van der Waals surface area (Å²) in [6.45, 7) is 5.37. The first-order valence-corrected chi connectivity index (χ1v) is 5.99. The molecule has 90 valence electrons. The largest absolute Gasteiger partial charge is 0.494 e. The van der Waals surface area contributed by atoms with Crippen molar-refractivity contribution in [1.29, 1.82) is 0 Å². The lowest BCUT2D eigenvalue weighted by atomic mass is 10.2. The van der Waals surface area contributed by atoms with Crippen LogP contribution >= 0.6 is 0 Å². The molecule has 0 aliphatic rings. The van der Waals surface area contributed by atoms with Crippen LogP contribution in [-0.4, -0.2) is 19.7 Å². The van der Waals surface area contributed by atoms with Gasteiger partial charge in [-0.2, -0.15) is 0 Å². The minimum atomic E-state index is 0.679. The number of hydrogen-bond acceptors (Lipinski definition) is 3. The maximum atomic E-state index is 5.59. The summed E-state index contributed by atoms with van der Waals surface area (Å²) in [5, 5.41) is 3.26. The van der Waals surface area contributed by atoms with Crippen LogP contribution in [0.15, 0.2) is 24.3 Å². The zero-order valence-corrected chi connectivity index (χ0v) is 10.0. The fraction of sp³-hybridized carbons (Fsp3) is 0.538. The topological polar surface area (TPSA) is 47.3 Å². The Morgan fingerprint density at radius 1 is 1.25 bits per heavy atom. The summed E-state index contributed by atoms with van der Waals surface area (Å²) in [6.07, 6.45) is 2.28. The second-order valence-corrected chi connectivity index (χ2v) is 3.81. The Kier molecular flexibility index (Phi) is 6.61. The van der Waals surface area contributed by atoms with Crippen LogP contribution in [0.4, 0.5) is 0 Å². The lowest BCUT2D eigenvalue weighted by molar-refractivity contribution is 0.309. The zero-order valence-electron chi connectivity index (χ0n) is 10.0. The van der Waals surface area contributed by atoms with Gasteiger partial charge in [-0.15, -0.1) is 0 Å². The first-order valence-electron chi connectivity index (χ1n) is 5.99. The molecule has 0 fully saturated rings. The normalized spacial score (nSPS) is 10.4. The van der Waals surface area contributed by atoms with Crippen molar-refractivity contribution in [1.82, 2.24) is 5.32 Å². The van der Waals surface area contributed by atoms with Gasteiger partial charge in [-0.05, 0) is 24.1 Å². The van der Waals surface area contributed by atoms with Crippen LogP contribution in [0.5, 0.6) is 5.75 Å². The molecule has 1 aromatic rings. The highest BCUT2D eigenvalue weighted by Crippen LogP contribution is 2.12. The van der Waals surface area contributed by atoms with Crippen molar-refractivity contribution in [3.63, 3.8) is 0 Å². The first kappa shape index (κ1) is 13.0. The number of benzene rings is 1. The lowest BCUT2D eigenvalue weighted by Crippen LogP contribution is -2.21. The third-order valence-electron chi connectivity index (χ3n) is 2.34. The molecular formula is C13H22N2O. The summed E-state index contributed by atoms with van der Waals surface area (Å²) in [4.78, 5) is 0. The molecule has 0 heterocycles. The molecule has 1 rings (SSSR count). The predicted octanol–water partition coefficient (Wildman–Crippen LogP) is 1.91. The van der Waals surface area contributed by atoms with E-state index in [9.17, 15) is 0 Å². The molecule has 3 N–H and O–H groups in total. The summed E-state index contributed by atoms with van der Waals surface area (Å²) in [5.74, 6) is 0.955. The molecule has 0 amide bonds. The molecule has 0 radical (unpaired) electrons. The van der Waals surface area contributed by atoms with Crippen LogP contribution in [0.1, 0.15) is 25.3 Å². The Morgan fingerprint density at radius 2 is 2.00 bits per heavy atom. The van der Waals surface area contributed by atoms with E-state index in [-0.39, 0.29) is 0 Å². The Morgan fingerprint density at radius 3 is 2.62 bits per heavy atom. The van der Waals surface area contributed by atoms with Crippen molar-refractivity contribution in [2.45, 2.75) is 26.3 Å². The van der Waals surface area contributed by atoms with E-state index >= 15 is 0 Å². The Hall–Kier alpha value is -1.06. The number of nitrogens with two attached hydrogens (primary N) is 1. The van der Waals surface area contributed by atoms with Crippen molar-refractivity contribution in [2.75, 3.05) is 19.7 Å². The van der Waals surface area contributed by atoms with E-state index in [1.54, 1.807) is 0 Å². The van der Waals surface area contributed by atoms with E-state index in [1.165, 1.54) is 12.0 Å². The Labute approximate surface area is 98.0 Å². The lowest BCUT2D eigenvalue weighted by Gasteiger charge is -2.07. The molecule has 0 spiro atoms. The molecule has 16 heavy (non-hydrogen) atoms. The minimum absolute atomic E-state index is 0.679. The predicted molar refractivity (Wildman–Crippen MR) is 67.6 cm³/mol. The van der Waals surface area contributed by atoms with E-state index in [4.69, 9.17) is 10.5 Å². The van der Waals surface area contributed by atoms with Crippen molar-refractivity contribution < 1.29 is 4.74 Å². The third-order valence-corrected chi connectivity index (χ3v) is 2.34. The van der Waals surface area contributed by atoms with Crippen molar-refractivity contribution >= 4 is 0 Å². The fourth-order valence-corrected chi connectivity index (χ4v) is 1.37. The molecule has 0 aliphatic carbocycles. The molecular weight excluding hydrogens is 200 g/mol. The van der Waals surface area contributed by atoms with E-state index < -0.39 is 0 Å². The van der Waals surface area contributed by atoms with Gasteiger partial charge in [0.15, 0.2) is 0 Å². The van der Waals surface area contributed by atoms with Gasteiger partial charge in [0.1, 0.15) is 5.75 Å². The van der Waals surface area contributed by atoms with Gasteiger partial charge < -0.3 is 15.8 Å². The standard InChI is InChI=1S/C13H22N2O/c1-2-3-10-16-13-6-4-12(5-7-13)11-15-9-8-14/h4-7,15H,2-3,8-11,14H2,1H3. The molecule has 1 aromatic carbocycles. The quantitative estimate of drug-likeness (QED) is 0.661. The van der Waals surface area contributed by atoms with Crippen molar-refractivity contribution in [3.05, 3.63) is 29.8 Å². The second-order valence-electron chi connectivity index (χ2n) is 3.81. The van der Waals surface area contributed by atoms with Crippen LogP contribution in [-0.2, 0) is 6.54 Å². The zero-order chi connectivity index (χ0) is 11.6. The van der Waals surface area contributed by atoms with Crippen LogP contribution in [0.25, 0.3) is 0 Å². The molecule has 0 aromatic heterocycles. The molecule has 3 heteroatoms. The van der Waals surface area contributed by atoms with Gasteiger partial charge >= 0.3 is 0 Å². The summed E-state index contributed by atoms with van der Waals surface area (Å²) in [7, 11) is 0. The monoisotopic (exact) mass is 222 g/mol. The maximum absolute atomic E-state index is 5.59. The SMILES string of the molecule is CCCCOc1ccc(CNCCN)cc1. The van der Waals surface area contributed by atoms with E-state index in [0.717, 1.165) is 31.9 Å². The highest BCUT2D eigenvalue weighted by Gasteiger charge is 1.95. The third kappa shape index (κ3) is 5.14. The summed E-state index contributed by atoms with van der Waals surface area (Å²) >= 11 is 0. The van der Waals surface area contributed by atoms with Gasteiger partial charge in [0.05, 0.1) is 6.61 Å². The van der Waals surface area contributed by atoms with Crippen LogP contribution in [0, 0.1) is 0 Å². The van der Waals surface area contributed by atoms with E-state index in [0.29, 0.717) is 6.54 Å². The first-order chi connectivity index (χ1) is 7.86. The highest BCUT2D eigenvalue weighted by atomic mass is 16.5. The van der Waals surface area contributed by atoms with Crippen molar-refractivity contribution in [2.24, 2.45) is 5.73 Å². The fourth-order valence-electron chi connectivity index (χ4n) is 1.37. The van der Waals surface area contributed by atoms with E-state index in [2.05, 4.69) is 24.4 Å². The number of hydrogen-bond donors (Lipinski definition) is 2. The Bertz CT molecular complexity index is 243. The molecule has 0 saturated carbocycles.